The summed E-state index contributed by atoms with van der Waals surface area (Å²) in [6, 6.07) is 10.9. The van der Waals surface area contributed by atoms with E-state index in [4.69, 9.17) is 0 Å². The topological polar surface area (TPSA) is 32.3 Å². The maximum absolute atomic E-state index is 12.6. The number of carbonyl (C=O) groups is 1. The zero-order chi connectivity index (χ0) is 17.2. The van der Waals surface area contributed by atoms with Crippen LogP contribution >= 0.6 is 34.0 Å². The lowest BCUT2D eigenvalue weighted by Crippen LogP contribution is -2.43. The minimum atomic E-state index is 0.0641. The highest BCUT2D eigenvalue weighted by molar-refractivity contribution is 7.10. The number of hydrogen-bond donors (Lipinski definition) is 1. The van der Waals surface area contributed by atoms with Crippen molar-refractivity contribution in [3.63, 3.8) is 0 Å². The lowest BCUT2D eigenvalue weighted by molar-refractivity contribution is -0.123. The molecule has 6 heteroatoms. The molecule has 1 aliphatic heterocycles. The van der Waals surface area contributed by atoms with Gasteiger partial charge in [0.1, 0.15) is 0 Å². The van der Waals surface area contributed by atoms with E-state index in [1.54, 1.807) is 22.7 Å². The number of amides is 1. The lowest BCUT2D eigenvalue weighted by atomic mass is 9.98. The molecule has 1 aliphatic rings. The van der Waals surface area contributed by atoms with Crippen molar-refractivity contribution in [1.29, 1.82) is 0 Å². The van der Waals surface area contributed by atoms with Gasteiger partial charge in [0.2, 0.25) is 5.91 Å². The van der Waals surface area contributed by atoms with E-state index in [-0.39, 0.29) is 18.0 Å². The van der Waals surface area contributed by atoms with Gasteiger partial charge in [0.15, 0.2) is 0 Å². The molecule has 3 aromatic heterocycles. The first-order valence-electron chi connectivity index (χ1n) is 8.39. The molecule has 1 N–H and O–H groups in total. The fraction of sp³-hybridized carbons (Fsp3) is 0.316. The molecule has 2 atom stereocenters. The Morgan fingerprint density at radius 1 is 1.20 bits per heavy atom. The van der Waals surface area contributed by atoms with Crippen LogP contribution in [-0.4, -0.2) is 23.9 Å². The SMILES string of the molecule is C[C@H](NC(=O)CN1CCc2sccc2[C@@H]1c1cccs1)c1cccs1. The third kappa shape index (κ3) is 3.58. The predicted molar refractivity (Wildman–Crippen MR) is 107 cm³/mol. The minimum Gasteiger partial charge on any atom is -0.348 e. The summed E-state index contributed by atoms with van der Waals surface area (Å²) in [6.45, 7) is 3.41. The molecule has 4 heterocycles. The van der Waals surface area contributed by atoms with E-state index >= 15 is 0 Å². The summed E-state index contributed by atoms with van der Waals surface area (Å²) in [7, 11) is 0. The molecule has 0 aliphatic carbocycles. The van der Waals surface area contributed by atoms with Crippen LogP contribution in [-0.2, 0) is 11.2 Å². The second-order valence-corrected chi connectivity index (χ2v) is 9.20. The van der Waals surface area contributed by atoms with E-state index in [0.29, 0.717) is 6.54 Å². The molecule has 0 aromatic carbocycles. The van der Waals surface area contributed by atoms with Crippen LogP contribution in [0, 0.1) is 0 Å². The third-order valence-electron chi connectivity index (χ3n) is 4.57. The van der Waals surface area contributed by atoms with Crippen LogP contribution in [0.15, 0.2) is 46.5 Å². The van der Waals surface area contributed by atoms with Gasteiger partial charge in [-0.15, -0.1) is 34.0 Å². The summed E-state index contributed by atoms with van der Waals surface area (Å²) in [6.07, 6.45) is 1.03. The van der Waals surface area contributed by atoms with Crippen LogP contribution < -0.4 is 5.32 Å². The number of fused-ring (bicyclic) bond motifs is 1. The predicted octanol–water partition coefficient (Wildman–Crippen LogP) is 4.70. The molecule has 25 heavy (non-hydrogen) atoms. The van der Waals surface area contributed by atoms with E-state index in [0.717, 1.165) is 13.0 Å². The molecule has 0 bridgehead atoms. The van der Waals surface area contributed by atoms with Gasteiger partial charge in [-0.1, -0.05) is 12.1 Å². The Morgan fingerprint density at radius 3 is 2.80 bits per heavy atom. The van der Waals surface area contributed by atoms with Gasteiger partial charge in [0.25, 0.3) is 0 Å². The largest absolute Gasteiger partial charge is 0.348 e. The molecule has 1 amide bonds. The highest BCUT2D eigenvalue weighted by Crippen LogP contribution is 2.39. The van der Waals surface area contributed by atoms with Crippen molar-refractivity contribution >= 4 is 39.9 Å². The molecule has 4 rings (SSSR count). The van der Waals surface area contributed by atoms with E-state index in [1.807, 2.05) is 29.7 Å². The molecule has 0 saturated carbocycles. The first-order valence-corrected chi connectivity index (χ1v) is 11.0. The van der Waals surface area contributed by atoms with E-state index in [1.165, 1.54) is 20.2 Å². The lowest BCUT2D eigenvalue weighted by Gasteiger charge is -2.35. The molecule has 0 radical (unpaired) electrons. The number of carbonyl (C=O) groups excluding carboxylic acids is 1. The van der Waals surface area contributed by atoms with Gasteiger partial charge >= 0.3 is 0 Å². The Balaban J connectivity index is 1.50. The molecule has 3 nitrogen and oxygen atoms in total. The zero-order valence-electron chi connectivity index (χ0n) is 14.0. The third-order valence-corrected chi connectivity index (χ3v) is 7.55. The van der Waals surface area contributed by atoms with Gasteiger partial charge in [-0.2, -0.15) is 0 Å². The van der Waals surface area contributed by atoms with Gasteiger partial charge in [0.05, 0.1) is 18.6 Å². The monoisotopic (exact) mass is 388 g/mol. The van der Waals surface area contributed by atoms with Crippen LogP contribution in [0.1, 0.15) is 39.2 Å². The van der Waals surface area contributed by atoms with Gasteiger partial charge < -0.3 is 5.32 Å². The summed E-state index contributed by atoms with van der Waals surface area (Å²) in [5.74, 6) is 0.0983. The van der Waals surface area contributed by atoms with Crippen LogP contribution in [0.3, 0.4) is 0 Å². The van der Waals surface area contributed by atoms with Crippen LogP contribution in [0.5, 0.6) is 0 Å². The number of nitrogens with one attached hydrogen (secondary N) is 1. The molecule has 130 valence electrons. The van der Waals surface area contributed by atoms with Crippen molar-refractivity contribution in [2.75, 3.05) is 13.1 Å². The van der Waals surface area contributed by atoms with Crippen molar-refractivity contribution < 1.29 is 4.79 Å². The second-order valence-electron chi connectivity index (χ2n) is 6.24. The van der Waals surface area contributed by atoms with Crippen LogP contribution in [0.2, 0.25) is 0 Å². The molecule has 3 aromatic rings. The first-order chi connectivity index (χ1) is 12.2. The summed E-state index contributed by atoms with van der Waals surface area (Å²) < 4.78 is 0. The van der Waals surface area contributed by atoms with Gasteiger partial charge in [-0.25, -0.2) is 0 Å². The maximum Gasteiger partial charge on any atom is 0.234 e. The van der Waals surface area contributed by atoms with Crippen molar-refractivity contribution in [1.82, 2.24) is 10.2 Å². The van der Waals surface area contributed by atoms with Crippen molar-refractivity contribution in [2.24, 2.45) is 0 Å². The molecule has 0 saturated heterocycles. The van der Waals surface area contributed by atoms with E-state index in [2.05, 4.69) is 45.2 Å². The van der Waals surface area contributed by atoms with Crippen LogP contribution in [0.4, 0.5) is 0 Å². The molecular formula is C19H20N2OS3. The Morgan fingerprint density at radius 2 is 2.04 bits per heavy atom. The number of nitrogens with zero attached hydrogens (tertiary/aromatic N) is 1. The van der Waals surface area contributed by atoms with Gasteiger partial charge in [0, 0.05) is 21.2 Å². The quantitative estimate of drug-likeness (QED) is 0.687. The molecule has 0 spiro atoms. The van der Waals surface area contributed by atoms with E-state index < -0.39 is 0 Å². The summed E-state index contributed by atoms with van der Waals surface area (Å²) >= 11 is 5.29. The molecule has 0 unspecified atom stereocenters. The first kappa shape index (κ1) is 17.0. The van der Waals surface area contributed by atoms with Crippen LogP contribution in [0.25, 0.3) is 0 Å². The van der Waals surface area contributed by atoms with Crippen molar-refractivity contribution in [3.05, 3.63) is 66.7 Å². The number of thiophene rings is 3. The fourth-order valence-electron chi connectivity index (χ4n) is 3.40. The normalized spacial score (nSPS) is 18.7. The average Bonchev–Trinajstić information content (AvgIpc) is 3.35. The second kappa shape index (κ2) is 7.41. The maximum atomic E-state index is 12.6. The summed E-state index contributed by atoms with van der Waals surface area (Å²) in [5.41, 5.74) is 1.37. The molecular weight excluding hydrogens is 368 g/mol. The summed E-state index contributed by atoms with van der Waals surface area (Å²) in [4.78, 5) is 18.9. The zero-order valence-corrected chi connectivity index (χ0v) is 16.4. The van der Waals surface area contributed by atoms with Gasteiger partial charge in [-0.3, -0.25) is 9.69 Å². The highest BCUT2D eigenvalue weighted by atomic mass is 32.1. The number of rotatable bonds is 5. The Labute approximate surface area is 159 Å². The van der Waals surface area contributed by atoms with Crippen molar-refractivity contribution in [2.45, 2.75) is 25.4 Å². The smallest absolute Gasteiger partial charge is 0.234 e. The van der Waals surface area contributed by atoms with Gasteiger partial charge in [-0.05, 0) is 53.2 Å². The Bertz CT molecular complexity index is 823. The number of hydrogen-bond acceptors (Lipinski definition) is 5. The van der Waals surface area contributed by atoms with Crippen molar-refractivity contribution in [3.8, 4) is 0 Å². The standard InChI is InChI=1S/C19H20N2OS3/c1-13(15-4-2-9-23-15)20-18(22)12-21-8-6-16-14(7-11-25-16)19(21)17-5-3-10-24-17/h2-5,7,9-11,13,19H,6,8,12H2,1H3,(H,20,22)/t13-,19+/m0/s1. The van der Waals surface area contributed by atoms with E-state index in [9.17, 15) is 4.79 Å². The average molecular weight is 389 g/mol. The fourth-order valence-corrected chi connectivity index (χ4v) is 5.91. The Hall–Kier alpha value is -1.47. The molecule has 0 fully saturated rings. The highest BCUT2D eigenvalue weighted by Gasteiger charge is 2.31. The minimum absolute atomic E-state index is 0.0641. The summed E-state index contributed by atoms with van der Waals surface area (Å²) in [5, 5.41) is 9.49. The Kier molecular flexibility index (Phi) is 5.03.